The molecule has 1 saturated heterocycles. The number of ether oxygens (including phenoxy) is 3. The van der Waals surface area contributed by atoms with Gasteiger partial charge in [-0.15, -0.1) is 0 Å². The fourth-order valence-corrected chi connectivity index (χ4v) is 2.78. The number of benzene rings is 1. The average molecular weight is 323 g/mol. The van der Waals surface area contributed by atoms with E-state index in [0.29, 0.717) is 17.9 Å². The SMILES string of the molecule is COC(=O)c1ccc(OC[C@@H](O)CN2C[C@@H](C)O[C@H](C)C2)cc1. The fraction of sp³-hybridized carbons (Fsp3) is 0.588. The molecular formula is C17H25NO5. The van der Waals surface area contributed by atoms with Gasteiger partial charge in [0.1, 0.15) is 18.5 Å². The number of esters is 1. The van der Waals surface area contributed by atoms with Gasteiger partial charge in [-0.1, -0.05) is 0 Å². The Balaban J connectivity index is 1.77. The maximum atomic E-state index is 11.3. The third kappa shape index (κ3) is 5.49. The van der Waals surface area contributed by atoms with Gasteiger partial charge in [0.15, 0.2) is 0 Å². The highest BCUT2D eigenvalue weighted by Crippen LogP contribution is 2.14. The van der Waals surface area contributed by atoms with Gasteiger partial charge in [-0.25, -0.2) is 4.79 Å². The second-order valence-corrected chi connectivity index (χ2v) is 5.96. The number of morpholine rings is 1. The van der Waals surface area contributed by atoms with Crippen LogP contribution in [0.1, 0.15) is 24.2 Å². The molecule has 0 amide bonds. The first-order valence-electron chi connectivity index (χ1n) is 7.85. The van der Waals surface area contributed by atoms with Crippen LogP contribution >= 0.6 is 0 Å². The van der Waals surface area contributed by atoms with Crippen molar-refractivity contribution in [3.8, 4) is 5.75 Å². The summed E-state index contributed by atoms with van der Waals surface area (Å²) >= 11 is 0. The van der Waals surface area contributed by atoms with E-state index in [1.165, 1.54) is 7.11 Å². The minimum Gasteiger partial charge on any atom is -0.491 e. The van der Waals surface area contributed by atoms with Crippen LogP contribution < -0.4 is 4.74 Å². The van der Waals surface area contributed by atoms with Crippen molar-refractivity contribution in [3.05, 3.63) is 29.8 Å². The summed E-state index contributed by atoms with van der Waals surface area (Å²) < 4.78 is 15.9. The molecule has 2 rings (SSSR count). The number of aliphatic hydroxyl groups excluding tert-OH is 1. The lowest BCUT2D eigenvalue weighted by molar-refractivity contribution is -0.0786. The second-order valence-electron chi connectivity index (χ2n) is 5.96. The predicted molar refractivity (Wildman–Crippen MR) is 85.7 cm³/mol. The summed E-state index contributed by atoms with van der Waals surface area (Å²) in [7, 11) is 1.34. The average Bonchev–Trinajstić information content (AvgIpc) is 2.51. The number of β-amino-alcohol motifs (C(OH)–C–C–N with tert-alkyl or cyclic N) is 1. The van der Waals surface area contributed by atoms with Crippen LogP contribution in [0.3, 0.4) is 0 Å². The van der Waals surface area contributed by atoms with Crippen LogP contribution in [-0.4, -0.2) is 67.6 Å². The molecule has 1 heterocycles. The molecule has 23 heavy (non-hydrogen) atoms. The molecule has 1 fully saturated rings. The molecule has 128 valence electrons. The Hall–Kier alpha value is -1.63. The number of nitrogens with zero attached hydrogens (tertiary/aromatic N) is 1. The van der Waals surface area contributed by atoms with Crippen molar-refractivity contribution in [2.75, 3.05) is 33.4 Å². The second kappa shape index (κ2) is 8.29. The summed E-state index contributed by atoms with van der Waals surface area (Å²) in [4.78, 5) is 13.5. The Morgan fingerprint density at radius 2 is 1.91 bits per heavy atom. The van der Waals surface area contributed by atoms with Crippen LogP contribution in [0.4, 0.5) is 0 Å². The van der Waals surface area contributed by atoms with Crippen LogP contribution in [0.5, 0.6) is 5.75 Å². The van der Waals surface area contributed by atoms with Crippen LogP contribution in [0.2, 0.25) is 0 Å². The third-order valence-electron chi connectivity index (χ3n) is 3.68. The number of aliphatic hydroxyl groups is 1. The zero-order chi connectivity index (χ0) is 16.8. The summed E-state index contributed by atoms with van der Waals surface area (Å²) in [5.41, 5.74) is 0.469. The molecule has 0 bridgehead atoms. The number of methoxy groups -OCH3 is 1. The number of hydrogen-bond acceptors (Lipinski definition) is 6. The van der Waals surface area contributed by atoms with E-state index in [9.17, 15) is 9.90 Å². The van der Waals surface area contributed by atoms with E-state index in [1.807, 2.05) is 13.8 Å². The Morgan fingerprint density at radius 3 is 2.48 bits per heavy atom. The van der Waals surface area contributed by atoms with Crippen molar-refractivity contribution >= 4 is 5.97 Å². The molecule has 1 aliphatic rings. The monoisotopic (exact) mass is 323 g/mol. The van der Waals surface area contributed by atoms with Gasteiger partial charge in [-0.2, -0.15) is 0 Å². The van der Waals surface area contributed by atoms with Crippen LogP contribution in [-0.2, 0) is 9.47 Å². The lowest BCUT2D eigenvalue weighted by atomic mass is 10.2. The first-order valence-corrected chi connectivity index (χ1v) is 7.85. The minimum absolute atomic E-state index is 0.178. The topological polar surface area (TPSA) is 68.2 Å². The summed E-state index contributed by atoms with van der Waals surface area (Å²) in [6.07, 6.45) is -0.219. The molecule has 1 aromatic rings. The van der Waals surface area contributed by atoms with E-state index in [1.54, 1.807) is 24.3 Å². The molecule has 0 unspecified atom stereocenters. The molecule has 0 radical (unpaired) electrons. The van der Waals surface area contributed by atoms with Crippen molar-refractivity contribution in [1.82, 2.24) is 4.90 Å². The van der Waals surface area contributed by atoms with E-state index in [-0.39, 0.29) is 24.8 Å². The van der Waals surface area contributed by atoms with E-state index in [4.69, 9.17) is 9.47 Å². The molecule has 0 aromatic heterocycles. The van der Waals surface area contributed by atoms with E-state index >= 15 is 0 Å². The Morgan fingerprint density at radius 1 is 1.30 bits per heavy atom. The van der Waals surface area contributed by atoms with Crippen LogP contribution in [0, 0.1) is 0 Å². The smallest absolute Gasteiger partial charge is 0.337 e. The lowest BCUT2D eigenvalue weighted by Gasteiger charge is -2.36. The highest BCUT2D eigenvalue weighted by molar-refractivity contribution is 5.89. The fourth-order valence-electron chi connectivity index (χ4n) is 2.78. The molecule has 0 aliphatic carbocycles. The van der Waals surface area contributed by atoms with Crippen molar-refractivity contribution in [2.24, 2.45) is 0 Å². The predicted octanol–water partition coefficient (Wildman–Crippen LogP) is 1.32. The largest absolute Gasteiger partial charge is 0.491 e. The van der Waals surface area contributed by atoms with Crippen molar-refractivity contribution in [1.29, 1.82) is 0 Å². The highest BCUT2D eigenvalue weighted by atomic mass is 16.5. The summed E-state index contributed by atoms with van der Waals surface area (Å²) in [6, 6.07) is 6.66. The van der Waals surface area contributed by atoms with E-state index in [0.717, 1.165) is 13.1 Å². The standard InChI is InChI=1S/C17H25NO5/c1-12-8-18(9-13(2)23-12)10-15(19)11-22-16-6-4-14(5-7-16)17(20)21-3/h4-7,12-13,15,19H,8-11H2,1-3H3/t12-,13-,15+/m1/s1. The van der Waals surface area contributed by atoms with E-state index in [2.05, 4.69) is 9.64 Å². The van der Waals surface area contributed by atoms with Crippen molar-refractivity contribution < 1.29 is 24.1 Å². The summed E-state index contributed by atoms with van der Waals surface area (Å²) in [5.74, 6) is 0.229. The molecule has 1 aromatic carbocycles. The normalized spacial score (nSPS) is 23.3. The lowest BCUT2D eigenvalue weighted by Crippen LogP contribution is -2.48. The van der Waals surface area contributed by atoms with Gasteiger partial charge in [-0.05, 0) is 38.1 Å². The summed E-state index contributed by atoms with van der Waals surface area (Å²) in [6.45, 7) is 6.46. The Kier molecular flexibility index (Phi) is 6.38. The molecule has 6 heteroatoms. The molecule has 6 nitrogen and oxygen atoms in total. The molecule has 0 spiro atoms. The Bertz CT molecular complexity index is 494. The van der Waals surface area contributed by atoms with Gasteiger partial charge < -0.3 is 19.3 Å². The first kappa shape index (κ1) is 17.7. The zero-order valence-electron chi connectivity index (χ0n) is 13.9. The number of carbonyl (C=O) groups is 1. The first-order chi connectivity index (χ1) is 11.0. The third-order valence-corrected chi connectivity index (χ3v) is 3.68. The van der Waals surface area contributed by atoms with Gasteiger partial charge >= 0.3 is 5.97 Å². The molecule has 0 saturated carbocycles. The highest BCUT2D eigenvalue weighted by Gasteiger charge is 2.23. The molecule has 1 aliphatic heterocycles. The Labute approximate surface area is 136 Å². The number of rotatable bonds is 6. The van der Waals surface area contributed by atoms with Crippen LogP contribution in [0.25, 0.3) is 0 Å². The van der Waals surface area contributed by atoms with Crippen molar-refractivity contribution in [3.63, 3.8) is 0 Å². The van der Waals surface area contributed by atoms with E-state index < -0.39 is 6.10 Å². The molecular weight excluding hydrogens is 298 g/mol. The summed E-state index contributed by atoms with van der Waals surface area (Å²) in [5, 5.41) is 10.1. The van der Waals surface area contributed by atoms with Gasteiger partial charge in [0.05, 0.1) is 24.9 Å². The zero-order valence-corrected chi connectivity index (χ0v) is 13.9. The molecule has 3 atom stereocenters. The van der Waals surface area contributed by atoms with Gasteiger partial charge in [0, 0.05) is 19.6 Å². The van der Waals surface area contributed by atoms with Gasteiger partial charge in [-0.3, -0.25) is 4.90 Å². The molecule has 1 N–H and O–H groups in total. The number of carbonyl (C=O) groups excluding carboxylic acids is 1. The van der Waals surface area contributed by atoms with Gasteiger partial charge in [0.2, 0.25) is 0 Å². The van der Waals surface area contributed by atoms with Crippen molar-refractivity contribution in [2.45, 2.75) is 32.2 Å². The van der Waals surface area contributed by atoms with Gasteiger partial charge in [0.25, 0.3) is 0 Å². The van der Waals surface area contributed by atoms with Crippen LogP contribution in [0.15, 0.2) is 24.3 Å². The maximum Gasteiger partial charge on any atom is 0.337 e. The number of hydrogen-bond donors (Lipinski definition) is 1. The minimum atomic E-state index is -0.576. The quantitative estimate of drug-likeness (QED) is 0.797. The maximum absolute atomic E-state index is 11.3.